The van der Waals surface area contributed by atoms with Crippen LogP contribution in [0.1, 0.15) is 19.2 Å². The van der Waals surface area contributed by atoms with Gasteiger partial charge < -0.3 is 15.2 Å². The first kappa shape index (κ1) is 15.8. The molecule has 1 aromatic rings. The van der Waals surface area contributed by atoms with Gasteiger partial charge >= 0.3 is 0 Å². The van der Waals surface area contributed by atoms with Crippen LogP contribution in [0.4, 0.5) is 0 Å². The van der Waals surface area contributed by atoms with Crippen molar-refractivity contribution in [2.75, 3.05) is 45.5 Å². The number of thioether (sulfide) groups is 1. The zero-order valence-electron chi connectivity index (χ0n) is 12.6. The lowest BCUT2D eigenvalue weighted by Gasteiger charge is -2.32. The third kappa shape index (κ3) is 4.18. The Morgan fingerprint density at radius 2 is 1.90 bits per heavy atom. The number of rotatable bonds is 7. The first-order valence-electron chi connectivity index (χ1n) is 7.40. The Balaban J connectivity index is 1.80. The number of aromatic nitrogens is 3. The maximum atomic E-state index is 5.71. The molecular weight excluding hydrogens is 272 g/mol. The van der Waals surface area contributed by atoms with E-state index in [1.54, 1.807) is 11.8 Å². The van der Waals surface area contributed by atoms with Crippen LogP contribution in [0.5, 0.6) is 0 Å². The van der Waals surface area contributed by atoms with Crippen LogP contribution < -0.4 is 5.73 Å². The maximum Gasteiger partial charge on any atom is 0.191 e. The van der Waals surface area contributed by atoms with E-state index in [0.717, 1.165) is 36.2 Å². The van der Waals surface area contributed by atoms with Gasteiger partial charge in [0.1, 0.15) is 5.82 Å². The molecule has 0 amide bonds. The molecule has 1 fully saturated rings. The van der Waals surface area contributed by atoms with Crippen molar-refractivity contribution < 1.29 is 0 Å². The van der Waals surface area contributed by atoms with Gasteiger partial charge in [0.2, 0.25) is 0 Å². The molecule has 7 heteroatoms. The summed E-state index contributed by atoms with van der Waals surface area (Å²) in [4.78, 5) is 4.91. The van der Waals surface area contributed by atoms with Crippen LogP contribution in [0.2, 0.25) is 0 Å². The van der Waals surface area contributed by atoms with Crippen molar-refractivity contribution in [3.63, 3.8) is 0 Å². The highest BCUT2D eigenvalue weighted by atomic mass is 32.2. The van der Waals surface area contributed by atoms with Crippen LogP contribution >= 0.6 is 11.8 Å². The summed E-state index contributed by atoms with van der Waals surface area (Å²) in [5.74, 6) is 1.96. The summed E-state index contributed by atoms with van der Waals surface area (Å²) in [6.07, 6.45) is 1.08. The highest BCUT2D eigenvalue weighted by Gasteiger charge is 2.15. The van der Waals surface area contributed by atoms with E-state index in [9.17, 15) is 0 Å². The summed E-state index contributed by atoms with van der Waals surface area (Å²) >= 11 is 1.80. The summed E-state index contributed by atoms with van der Waals surface area (Å²) in [5, 5.41) is 9.46. The highest BCUT2D eigenvalue weighted by Crippen LogP contribution is 2.17. The average molecular weight is 298 g/mol. The number of hydrogen-bond donors (Lipinski definition) is 1. The molecule has 2 N–H and O–H groups in total. The van der Waals surface area contributed by atoms with E-state index >= 15 is 0 Å². The molecule has 0 spiro atoms. The first-order chi connectivity index (χ1) is 9.74. The van der Waals surface area contributed by atoms with E-state index in [1.165, 1.54) is 26.2 Å². The fourth-order valence-corrected chi connectivity index (χ4v) is 3.35. The number of hydrogen-bond acceptors (Lipinski definition) is 6. The van der Waals surface area contributed by atoms with Crippen molar-refractivity contribution in [3.05, 3.63) is 5.82 Å². The SMILES string of the molecule is CCCn1c(CN)nnc1SCCN1CCN(C)CC1. The van der Waals surface area contributed by atoms with Gasteiger partial charge in [0, 0.05) is 45.0 Å². The number of piperazine rings is 1. The largest absolute Gasteiger partial charge is 0.324 e. The lowest BCUT2D eigenvalue weighted by Crippen LogP contribution is -2.45. The molecule has 20 heavy (non-hydrogen) atoms. The maximum absolute atomic E-state index is 5.71. The van der Waals surface area contributed by atoms with Gasteiger partial charge in [-0.3, -0.25) is 4.90 Å². The standard InChI is InChI=1S/C13H26N6S/c1-3-4-19-12(11-14)15-16-13(19)20-10-9-18-7-5-17(2)6-8-18/h3-11,14H2,1-2H3. The molecule has 6 nitrogen and oxygen atoms in total. The number of nitrogens with zero attached hydrogens (tertiary/aromatic N) is 5. The minimum absolute atomic E-state index is 0.464. The van der Waals surface area contributed by atoms with Crippen LogP contribution in [-0.4, -0.2) is 70.1 Å². The van der Waals surface area contributed by atoms with E-state index in [1.807, 2.05) is 0 Å². The minimum atomic E-state index is 0.464. The molecule has 1 aliphatic rings. The van der Waals surface area contributed by atoms with E-state index < -0.39 is 0 Å². The van der Waals surface area contributed by atoms with Crippen molar-refractivity contribution in [2.24, 2.45) is 5.73 Å². The third-order valence-electron chi connectivity index (χ3n) is 3.66. The van der Waals surface area contributed by atoms with Gasteiger partial charge in [-0.15, -0.1) is 10.2 Å². The van der Waals surface area contributed by atoms with E-state index in [4.69, 9.17) is 5.73 Å². The van der Waals surface area contributed by atoms with Crippen molar-refractivity contribution in [1.29, 1.82) is 0 Å². The van der Waals surface area contributed by atoms with Crippen LogP contribution in [0.25, 0.3) is 0 Å². The lowest BCUT2D eigenvalue weighted by molar-refractivity contribution is 0.161. The van der Waals surface area contributed by atoms with Crippen LogP contribution in [0, 0.1) is 0 Å². The molecule has 1 aliphatic heterocycles. The molecule has 2 rings (SSSR count). The van der Waals surface area contributed by atoms with Crippen molar-refractivity contribution in [3.8, 4) is 0 Å². The fourth-order valence-electron chi connectivity index (χ4n) is 2.36. The normalized spacial score (nSPS) is 17.8. The lowest BCUT2D eigenvalue weighted by atomic mass is 10.3. The molecule has 1 aromatic heterocycles. The predicted molar refractivity (Wildman–Crippen MR) is 82.9 cm³/mol. The second-order valence-electron chi connectivity index (χ2n) is 5.25. The average Bonchev–Trinajstić information content (AvgIpc) is 2.84. The Kier molecular flexibility index (Phi) is 6.28. The van der Waals surface area contributed by atoms with Gasteiger partial charge in [0.15, 0.2) is 5.16 Å². The highest BCUT2D eigenvalue weighted by molar-refractivity contribution is 7.99. The van der Waals surface area contributed by atoms with E-state index in [2.05, 4.69) is 38.5 Å². The summed E-state index contributed by atoms with van der Waals surface area (Å²) < 4.78 is 2.16. The van der Waals surface area contributed by atoms with Gasteiger partial charge in [-0.1, -0.05) is 18.7 Å². The molecule has 114 valence electrons. The number of likely N-dealkylation sites (N-methyl/N-ethyl adjacent to an activating group) is 1. The molecule has 0 bridgehead atoms. The molecular formula is C13H26N6S. The minimum Gasteiger partial charge on any atom is -0.324 e. The molecule has 1 saturated heterocycles. The van der Waals surface area contributed by atoms with Gasteiger partial charge in [-0.2, -0.15) is 0 Å². The zero-order chi connectivity index (χ0) is 14.4. The molecule has 0 saturated carbocycles. The zero-order valence-corrected chi connectivity index (χ0v) is 13.4. The fraction of sp³-hybridized carbons (Fsp3) is 0.846. The summed E-state index contributed by atoms with van der Waals surface area (Å²) in [7, 11) is 2.19. The molecule has 0 unspecified atom stereocenters. The monoisotopic (exact) mass is 298 g/mol. The Labute approximate surface area is 125 Å². The summed E-state index contributed by atoms with van der Waals surface area (Å²) in [6, 6.07) is 0. The van der Waals surface area contributed by atoms with Gasteiger partial charge in [-0.25, -0.2) is 0 Å². The molecule has 0 atom stereocenters. The predicted octanol–water partition coefficient (Wildman–Crippen LogP) is 0.486. The smallest absolute Gasteiger partial charge is 0.191 e. The van der Waals surface area contributed by atoms with Gasteiger partial charge in [0.05, 0.1) is 6.54 Å². The Morgan fingerprint density at radius 1 is 1.15 bits per heavy atom. The van der Waals surface area contributed by atoms with Crippen molar-refractivity contribution >= 4 is 11.8 Å². The van der Waals surface area contributed by atoms with Crippen molar-refractivity contribution in [2.45, 2.75) is 31.6 Å². The van der Waals surface area contributed by atoms with E-state index in [0.29, 0.717) is 6.54 Å². The third-order valence-corrected chi connectivity index (χ3v) is 4.60. The summed E-state index contributed by atoms with van der Waals surface area (Å²) in [5.41, 5.74) is 5.71. The Bertz CT molecular complexity index is 400. The van der Waals surface area contributed by atoms with Crippen LogP contribution in [0.15, 0.2) is 5.16 Å². The van der Waals surface area contributed by atoms with Crippen LogP contribution in [0.3, 0.4) is 0 Å². The second kappa shape index (κ2) is 7.97. The summed E-state index contributed by atoms with van der Waals surface area (Å²) in [6.45, 7) is 9.40. The second-order valence-corrected chi connectivity index (χ2v) is 6.31. The molecule has 0 aromatic carbocycles. The van der Waals surface area contributed by atoms with E-state index in [-0.39, 0.29) is 0 Å². The van der Waals surface area contributed by atoms with Crippen molar-refractivity contribution in [1.82, 2.24) is 24.6 Å². The molecule has 0 radical (unpaired) electrons. The number of nitrogens with two attached hydrogens (primary N) is 1. The first-order valence-corrected chi connectivity index (χ1v) is 8.39. The molecule has 2 heterocycles. The topological polar surface area (TPSA) is 63.2 Å². The van der Waals surface area contributed by atoms with Crippen LogP contribution in [-0.2, 0) is 13.1 Å². The Morgan fingerprint density at radius 3 is 2.55 bits per heavy atom. The Hall–Kier alpha value is -0.630. The van der Waals surface area contributed by atoms with Gasteiger partial charge in [-0.05, 0) is 13.5 Å². The van der Waals surface area contributed by atoms with Gasteiger partial charge in [0.25, 0.3) is 0 Å². The molecule has 0 aliphatic carbocycles. The quantitative estimate of drug-likeness (QED) is 0.739.